The fourth-order valence-corrected chi connectivity index (χ4v) is 9.72. The van der Waals surface area contributed by atoms with Gasteiger partial charge in [0.25, 0.3) is 0 Å². The number of nitrogens with zero attached hydrogens (tertiary/aromatic N) is 1. The van der Waals surface area contributed by atoms with E-state index in [9.17, 15) is 0 Å². The normalized spacial score (nSPS) is 16.3. The molecule has 254 valence electrons. The molecule has 0 amide bonds. The third kappa shape index (κ3) is 4.45. The average Bonchev–Trinajstić information content (AvgIpc) is 3.73. The van der Waals surface area contributed by atoms with Crippen molar-refractivity contribution in [3.63, 3.8) is 0 Å². The van der Waals surface area contributed by atoms with Crippen molar-refractivity contribution in [1.29, 1.82) is 0 Å². The van der Waals surface area contributed by atoms with Gasteiger partial charge in [-0.3, -0.25) is 0 Å². The van der Waals surface area contributed by atoms with Crippen molar-refractivity contribution in [3.05, 3.63) is 228 Å². The first-order valence-corrected chi connectivity index (χ1v) is 19.1. The number of hydrogen-bond donors (Lipinski definition) is 0. The van der Waals surface area contributed by atoms with E-state index in [4.69, 9.17) is 0 Å². The molecule has 0 heterocycles. The van der Waals surface area contributed by atoms with Crippen LogP contribution in [0, 0.1) is 0 Å². The van der Waals surface area contributed by atoms with Crippen molar-refractivity contribution in [2.45, 2.75) is 18.3 Å². The first-order chi connectivity index (χ1) is 26.8. The van der Waals surface area contributed by atoms with Crippen molar-refractivity contribution in [3.8, 4) is 33.4 Å². The average molecular weight is 688 g/mol. The molecule has 0 aliphatic heterocycles. The summed E-state index contributed by atoms with van der Waals surface area (Å²) in [4.78, 5) is 2.48. The molecule has 0 aromatic heterocycles. The van der Waals surface area contributed by atoms with Gasteiger partial charge >= 0.3 is 0 Å². The van der Waals surface area contributed by atoms with E-state index < -0.39 is 5.41 Å². The summed E-state index contributed by atoms with van der Waals surface area (Å²) < 4.78 is 0. The largest absolute Gasteiger partial charge is 0.310 e. The smallest absolute Gasteiger partial charge is 0.0723 e. The molecule has 54 heavy (non-hydrogen) atoms. The van der Waals surface area contributed by atoms with Crippen LogP contribution in [0.3, 0.4) is 0 Å². The van der Waals surface area contributed by atoms with Crippen molar-refractivity contribution in [2.24, 2.45) is 0 Å². The summed E-state index contributed by atoms with van der Waals surface area (Å²) in [5.41, 5.74) is 19.1. The van der Waals surface area contributed by atoms with Crippen LogP contribution < -0.4 is 4.90 Å². The zero-order chi connectivity index (χ0) is 35.6. The quantitative estimate of drug-likeness (QED) is 0.174. The van der Waals surface area contributed by atoms with Crippen molar-refractivity contribution >= 4 is 33.4 Å². The van der Waals surface area contributed by atoms with Crippen molar-refractivity contribution in [1.82, 2.24) is 0 Å². The first-order valence-electron chi connectivity index (χ1n) is 19.1. The third-order valence-electron chi connectivity index (χ3n) is 11.9. The minimum atomic E-state index is -0.416. The number of allylic oxidation sites excluding steroid dienone is 4. The van der Waals surface area contributed by atoms with Gasteiger partial charge in [-0.15, -0.1) is 0 Å². The molecule has 11 rings (SSSR count). The molecule has 0 saturated heterocycles. The third-order valence-corrected chi connectivity index (χ3v) is 11.9. The van der Waals surface area contributed by atoms with Crippen molar-refractivity contribution in [2.75, 3.05) is 4.90 Å². The van der Waals surface area contributed by atoms with Gasteiger partial charge in [0.1, 0.15) is 0 Å². The van der Waals surface area contributed by atoms with Gasteiger partial charge in [0, 0.05) is 16.9 Å². The second-order valence-electron chi connectivity index (χ2n) is 14.7. The molecule has 1 heteroatoms. The molecule has 0 fully saturated rings. The van der Waals surface area contributed by atoms with Crippen LogP contribution in [0.25, 0.3) is 49.7 Å². The van der Waals surface area contributed by atoms with E-state index in [2.05, 4.69) is 205 Å². The zero-order valence-electron chi connectivity index (χ0n) is 29.9. The Morgan fingerprint density at radius 3 is 1.85 bits per heavy atom. The second kappa shape index (κ2) is 12.2. The van der Waals surface area contributed by atoms with Crippen LogP contribution in [0.1, 0.15) is 35.1 Å². The number of anilines is 3. The Hall–Kier alpha value is -6.70. The second-order valence-corrected chi connectivity index (χ2v) is 14.7. The van der Waals surface area contributed by atoms with E-state index in [1.54, 1.807) is 0 Å². The molecule has 3 aliphatic carbocycles. The molecule has 0 N–H and O–H groups in total. The summed E-state index contributed by atoms with van der Waals surface area (Å²) in [7, 11) is 0. The lowest BCUT2D eigenvalue weighted by Gasteiger charge is -2.33. The van der Waals surface area contributed by atoms with Gasteiger partial charge in [0.2, 0.25) is 0 Å². The predicted molar refractivity (Wildman–Crippen MR) is 227 cm³/mol. The molecule has 0 radical (unpaired) electrons. The Morgan fingerprint density at radius 1 is 0.426 bits per heavy atom. The molecular formula is C53H37N. The van der Waals surface area contributed by atoms with Crippen LogP contribution in [0.2, 0.25) is 0 Å². The molecule has 0 bridgehead atoms. The summed E-state index contributed by atoms with van der Waals surface area (Å²) in [6.07, 6.45) is 6.95. The standard InChI is InChI=1S/C53H37N/c1-3-15-36(16-4-1)38-29-32-41(33-30-38)54(42-34-31-37-17-7-8-20-40(37)35-42)50-28-14-27-49-52(50)45-22-10-12-25-47(45)53(49)46-24-11-9-21-44(46)51-43(23-13-26-48(51)53)39-18-5-2-6-19-39/h1-8,10-20,22-35H,9,21H2. The highest BCUT2D eigenvalue weighted by atomic mass is 15.1. The Balaban J connectivity index is 1.19. The lowest BCUT2D eigenvalue weighted by molar-refractivity contribution is 0.780. The van der Waals surface area contributed by atoms with Gasteiger partial charge in [-0.2, -0.15) is 0 Å². The fraction of sp³-hybridized carbons (Fsp3) is 0.0566. The van der Waals surface area contributed by atoms with Gasteiger partial charge in [-0.05, 0) is 115 Å². The van der Waals surface area contributed by atoms with Gasteiger partial charge in [-0.1, -0.05) is 170 Å². The molecule has 1 nitrogen and oxygen atoms in total. The molecule has 1 spiro atoms. The van der Waals surface area contributed by atoms with Crippen LogP contribution >= 0.6 is 0 Å². The van der Waals surface area contributed by atoms with E-state index in [1.165, 1.54) is 83.2 Å². The number of rotatable bonds is 5. The van der Waals surface area contributed by atoms with Crippen LogP contribution in [0.5, 0.6) is 0 Å². The molecule has 1 unspecified atom stereocenters. The Labute approximate surface area is 316 Å². The highest BCUT2D eigenvalue weighted by Gasteiger charge is 2.53. The predicted octanol–water partition coefficient (Wildman–Crippen LogP) is 14.1. The molecule has 8 aromatic rings. The maximum absolute atomic E-state index is 2.48. The summed E-state index contributed by atoms with van der Waals surface area (Å²) in [6, 6.07) is 69.5. The monoisotopic (exact) mass is 687 g/mol. The van der Waals surface area contributed by atoms with E-state index >= 15 is 0 Å². The number of fused-ring (bicyclic) bond motifs is 10. The highest BCUT2D eigenvalue weighted by Crippen LogP contribution is 2.66. The van der Waals surface area contributed by atoms with Crippen LogP contribution in [-0.2, 0) is 5.41 Å². The van der Waals surface area contributed by atoms with Crippen LogP contribution in [0.15, 0.2) is 206 Å². The SMILES string of the molecule is C1=CC2=C(CC1)c1c(-c3ccccc3)cccc1C21c2ccccc2-c2c(N(c3ccc(-c4ccccc4)cc3)c3ccc4ccccc4c3)cccc21. The van der Waals surface area contributed by atoms with Crippen LogP contribution in [0.4, 0.5) is 17.1 Å². The minimum absolute atomic E-state index is 0.416. The van der Waals surface area contributed by atoms with Gasteiger partial charge < -0.3 is 4.90 Å². The van der Waals surface area contributed by atoms with Gasteiger partial charge in [0.15, 0.2) is 0 Å². The summed E-state index contributed by atoms with van der Waals surface area (Å²) in [5, 5.41) is 2.47. The molecule has 0 saturated carbocycles. The van der Waals surface area contributed by atoms with Gasteiger partial charge in [0.05, 0.1) is 11.1 Å². The summed E-state index contributed by atoms with van der Waals surface area (Å²) >= 11 is 0. The Kier molecular flexibility index (Phi) is 6.97. The minimum Gasteiger partial charge on any atom is -0.310 e. The first kappa shape index (κ1) is 30.9. The molecule has 1 atom stereocenters. The Bertz CT molecular complexity index is 2810. The molecule has 8 aromatic carbocycles. The number of hydrogen-bond acceptors (Lipinski definition) is 1. The summed E-state index contributed by atoms with van der Waals surface area (Å²) in [5.74, 6) is 0. The maximum Gasteiger partial charge on any atom is 0.0723 e. The van der Waals surface area contributed by atoms with E-state index in [0.717, 1.165) is 24.2 Å². The zero-order valence-corrected chi connectivity index (χ0v) is 29.9. The summed E-state index contributed by atoms with van der Waals surface area (Å²) in [6.45, 7) is 0. The topological polar surface area (TPSA) is 3.24 Å². The molecular weight excluding hydrogens is 651 g/mol. The van der Waals surface area contributed by atoms with Gasteiger partial charge in [-0.25, -0.2) is 0 Å². The van der Waals surface area contributed by atoms with Crippen LogP contribution in [-0.4, -0.2) is 0 Å². The number of benzene rings is 8. The lowest BCUT2D eigenvalue weighted by atomic mass is 9.69. The van der Waals surface area contributed by atoms with E-state index in [1.807, 2.05) is 0 Å². The Morgan fingerprint density at radius 2 is 1.04 bits per heavy atom. The van der Waals surface area contributed by atoms with E-state index in [0.29, 0.717) is 0 Å². The van der Waals surface area contributed by atoms with E-state index in [-0.39, 0.29) is 0 Å². The molecule has 3 aliphatic rings. The lowest BCUT2D eigenvalue weighted by Crippen LogP contribution is -2.27. The highest BCUT2D eigenvalue weighted by molar-refractivity contribution is 6.04. The van der Waals surface area contributed by atoms with Crippen molar-refractivity contribution < 1.29 is 0 Å². The maximum atomic E-state index is 2.48. The fourth-order valence-electron chi connectivity index (χ4n) is 9.72.